The minimum absolute atomic E-state index is 0.107. The minimum Gasteiger partial charge on any atom is -0.481 e. The van der Waals surface area contributed by atoms with E-state index in [9.17, 15) is 9.59 Å². The number of ether oxygens (including phenoxy) is 1. The molecule has 21 heavy (non-hydrogen) atoms. The van der Waals surface area contributed by atoms with Crippen molar-refractivity contribution in [3.05, 3.63) is 41.4 Å². The molecule has 2 aromatic rings. The molecule has 0 unspecified atom stereocenters. The van der Waals surface area contributed by atoms with Crippen molar-refractivity contribution in [3.63, 3.8) is 0 Å². The number of carboxylic acids is 1. The quantitative estimate of drug-likeness (QED) is 0.855. The molecule has 0 aliphatic rings. The number of anilines is 1. The van der Waals surface area contributed by atoms with Crippen molar-refractivity contribution in [3.8, 4) is 5.75 Å². The molecule has 6 nitrogen and oxygen atoms in total. The Morgan fingerprint density at radius 1 is 1.29 bits per heavy atom. The van der Waals surface area contributed by atoms with Gasteiger partial charge in [0.15, 0.2) is 5.13 Å². The number of hydrogen-bond acceptors (Lipinski definition) is 5. The molecular weight excluding hydrogens is 292 g/mol. The van der Waals surface area contributed by atoms with E-state index in [1.807, 2.05) is 6.07 Å². The Kier molecular flexibility index (Phi) is 5.28. The topological polar surface area (TPSA) is 88.5 Å². The molecule has 0 fully saturated rings. The predicted molar refractivity (Wildman–Crippen MR) is 78.8 cm³/mol. The van der Waals surface area contributed by atoms with Crippen molar-refractivity contribution in [2.75, 3.05) is 5.32 Å². The second-order valence-corrected chi connectivity index (χ2v) is 5.08. The summed E-state index contributed by atoms with van der Waals surface area (Å²) in [6.45, 7) is 0. The molecule has 0 saturated carbocycles. The molecule has 1 heterocycles. The summed E-state index contributed by atoms with van der Waals surface area (Å²) in [7, 11) is 0. The lowest BCUT2D eigenvalue weighted by atomic mass is 10.2. The lowest BCUT2D eigenvalue weighted by Crippen LogP contribution is -2.16. The third-order valence-corrected chi connectivity index (χ3v) is 3.34. The summed E-state index contributed by atoms with van der Waals surface area (Å²) in [4.78, 5) is 26.3. The Morgan fingerprint density at radius 2 is 2.05 bits per heavy atom. The molecule has 0 spiro atoms. The zero-order chi connectivity index (χ0) is 15.1. The van der Waals surface area contributed by atoms with Crippen molar-refractivity contribution in [1.29, 1.82) is 0 Å². The second kappa shape index (κ2) is 7.39. The zero-order valence-electron chi connectivity index (χ0n) is 11.1. The number of thiazole rings is 1. The monoisotopic (exact) mass is 306 g/mol. The van der Waals surface area contributed by atoms with Gasteiger partial charge < -0.3 is 9.84 Å². The largest absolute Gasteiger partial charge is 0.481 e. The van der Waals surface area contributed by atoms with Crippen molar-refractivity contribution in [2.24, 2.45) is 0 Å². The van der Waals surface area contributed by atoms with Gasteiger partial charge in [-0.3, -0.25) is 10.1 Å². The molecular formula is C14H14N2O4S. The van der Waals surface area contributed by atoms with Crippen molar-refractivity contribution >= 4 is 28.5 Å². The van der Waals surface area contributed by atoms with Crippen LogP contribution in [-0.4, -0.2) is 22.2 Å². The smallest absolute Gasteiger partial charge is 0.418 e. The normalized spacial score (nSPS) is 10.1. The van der Waals surface area contributed by atoms with Crippen LogP contribution in [0.3, 0.4) is 0 Å². The number of aryl methyl sites for hydroxylation is 1. The van der Waals surface area contributed by atoms with E-state index < -0.39 is 12.1 Å². The molecule has 1 aromatic heterocycles. The van der Waals surface area contributed by atoms with Gasteiger partial charge in [0.1, 0.15) is 5.75 Å². The van der Waals surface area contributed by atoms with Crippen LogP contribution in [0.15, 0.2) is 35.7 Å². The summed E-state index contributed by atoms with van der Waals surface area (Å²) in [5.74, 6) is -0.372. The van der Waals surface area contributed by atoms with Crippen LogP contribution in [0.25, 0.3) is 0 Å². The SMILES string of the molecule is O=C(O)CCCc1csc(NC(=O)Oc2ccccc2)n1. The lowest BCUT2D eigenvalue weighted by molar-refractivity contribution is -0.137. The van der Waals surface area contributed by atoms with Crippen LogP contribution in [-0.2, 0) is 11.2 Å². The van der Waals surface area contributed by atoms with E-state index in [1.165, 1.54) is 11.3 Å². The summed E-state index contributed by atoms with van der Waals surface area (Å²) in [5.41, 5.74) is 0.760. The molecule has 110 valence electrons. The van der Waals surface area contributed by atoms with Gasteiger partial charge in [0, 0.05) is 11.8 Å². The average molecular weight is 306 g/mol. The van der Waals surface area contributed by atoms with Gasteiger partial charge in [-0.05, 0) is 25.0 Å². The summed E-state index contributed by atoms with van der Waals surface area (Å²) in [6.07, 6.45) is 0.592. The van der Waals surface area contributed by atoms with E-state index >= 15 is 0 Å². The minimum atomic E-state index is -0.824. The van der Waals surface area contributed by atoms with Crippen LogP contribution < -0.4 is 10.1 Å². The van der Waals surface area contributed by atoms with Crippen LogP contribution in [0, 0.1) is 0 Å². The Morgan fingerprint density at radius 3 is 2.76 bits per heavy atom. The van der Waals surface area contributed by atoms with E-state index in [0.29, 0.717) is 23.7 Å². The highest BCUT2D eigenvalue weighted by Crippen LogP contribution is 2.18. The molecule has 7 heteroatoms. The van der Waals surface area contributed by atoms with Gasteiger partial charge >= 0.3 is 12.1 Å². The number of nitrogens with one attached hydrogen (secondary N) is 1. The van der Waals surface area contributed by atoms with Crippen molar-refractivity contribution in [2.45, 2.75) is 19.3 Å². The van der Waals surface area contributed by atoms with E-state index in [2.05, 4.69) is 10.3 Å². The molecule has 2 rings (SSSR count). The number of rotatable bonds is 6. The number of nitrogens with zero attached hydrogens (tertiary/aromatic N) is 1. The number of hydrogen-bond donors (Lipinski definition) is 2. The number of carboxylic acid groups (broad SMARTS) is 1. The van der Waals surface area contributed by atoms with Crippen molar-refractivity contribution < 1.29 is 19.4 Å². The summed E-state index contributed by atoms with van der Waals surface area (Å²) >= 11 is 1.28. The number of carbonyl (C=O) groups is 2. The maximum atomic E-state index is 11.7. The fraction of sp³-hybridized carbons (Fsp3) is 0.214. The van der Waals surface area contributed by atoms with Gasteiger partial charge in [-0.2, -0.15) is 0 Å². The third kappa shape index (κ3) is 5.23. The number of aromatic nitrogens is 1. The molecule has 0 saturated heterocycles. The van der Waals surface area contributed by atoms with Crippen LogP contribution >= 0.6 is 11.3 Å². The zero-order valence-corrected chi connectivity index (χ0v) is 11.9. The maximum absolute atomic E-state index is 11.7. The van der Waals surface area contributed by atoms with Gasteiger partial charge in [0.25, 0.3) is 0 Å². The highest BCUT2D eigenvalue weighted by Gasteiger charge is 2.09. The first kappa shape index (κ1) is 15.0. The number of para-hydroxylation sites is 1. The number of aliphatic carboxylic acids is 1. The van der Waals surface area contributed by atoms with Crippen molar-refractivity contribution in [1.82, 2.24) is 4.98 Å². The summed E-state index contributed by atoms with van der Waals surface area (Å²) in [5, 5.41) is 13.3. The maximum Gasteiger partial charge on any atom is 0.418 e. The molecule has 1 aromatic carbocycles. The number of carbonyl (C=O) groups excluding carboxylic acids is 1. The van der Waals surface area contributed by atoms with Gasteiger partial charge in [-0.1, -0.05) is 18.2 Å². The van der Waals surface area contributed by atoms with Crippen LogP contribution in [0.1, 0.15) is 18.5 Å². The van der Waals surface area contributed by atoms with Gasteiger partial charge in [-0.15, -0.1) is 11.3 Å². The fourth-order valence-electron chi connectivity index (χ4n) is 1.61. The number of benzene rings is 1. The number of amides is 1. The Labute approximate surface area is 125 Å². The molecule has 0 radical (unpaired) electrons. The Bertz CT molecular complexity index is 612. The first-order valence-electron chi connectivity index (χ1n) is 6.33. The molecule has 0 bridgehead atoms. The molecule has 0 aliphatic carbocycles. The first-order chi connectivity index (χ1) is 10.1. The summed E-state index contributed by atoms with van der Waals surface area (Å²) < 4.78 is 5.08. The standard InChI is InChI=1S/C14H14N2O4S/c17-12(18)8-4-5-10-9-21-13(15-10)16-14(19)20-11-6-2-1-3-7-11/h1-3,6-7,9H,4-5,8H2,(H,17,18)(H,15,16,19). The fourth-order valence-corrected chi connectivity index (χ4v) is 2.34. The van der Waals surface area contributed by atoms with Crippen LogP contribution in [0.5, 0.6) is 5.75 Å². The first-order valence-corrected chi connectivity index (χ1v) is 7.21. The van der Waals surface area contributed by atoms with Gasteiger partial charge in [0.2, 0.25) is 0 Å². The lowest BCUT2D eigenvalue weighted by Gasteiger charge is -2.03. The van der Waals surface area contributed by atoms with E-state index in [1.54, 1.807) is 29.6 Å². The Hall–Kier alpha value is -2.41. The van der Waals surface area contributed by atoms with Gasteiger partial charge in [0.05, 0.1) is 5.69 Å². The third-order valence-electron chi connectivity index (χ3n) is 2.54. The van der Waals surface area contributed by atoms with Crippen LogP contribution in [0.4, 0.5) is 9.93 Å². The second-order valence-electron chi connectivity index (χ2n) is 4.22. The molecule has 2 N–H and O–H groups in total. The highest BCUT2D eigenvalue weighted by molar-refractivity contribution is 7.13. The van der Waals surface area contributed by atoms with Gasteiger partial charge in [-0.25, -0.2) is 9.78 Å². The molecule has 0 atom stereocenters. The van der Waals surface area contributed by atoms with E-state index in [-0.39, 0.29) is 6.42 Å². The summed E-state index contributed by atoms with van der Waals surface area (Å²) in [6, 6.07) is 8.73. The van der Waals surface area contributed by atoms with E-state index in [4.69, 9.17) is 9.84 Å². The average Bonchev–Trinajstić information content (AvgIpc) is 2.86. The molecule has 1 amide bonds. The highest BCUT2D eigenvalue weighted by atomic mass is 32.1. The van der Waals surface area contributed by atoms with E-state index in [0.717, 1.165) is 5.69 Å². The molecule has 0 aliphatic heterocycles. The predicted octanol–water partition coefficient (Wildman–Crippen LogP) is 3.16. The van der Waals surface area contributed by atoms with Crippen LogP contribution in [0.2, 0.25) is 0 Å². The Balaban J connectivity index is 1.81.